The van der Waals surface area contributed by atoms with Crippen LogP contribution >= 0.6 is 0 Å². The molecule has 1 aliphatic carbocycles. The highest BCUT2D eigenvalue weighted by Crippen LogP contribution is 2.25. The van der Waals surface area contributed by atoms with Gasteiger partial charge < -0.3 is 10.2 Å². The predicted octanol–water partition coefficient (Wildman–Crippen LogP) is 4.19. The van der Waals surface area contributed by atoms with Gasteiger partial charge in [-0.2, -0.15) is 0 Å². The molecule has 2 fully saturated rings. The monoisotopic (exact) mass is 384 g/mol. The van der Waals surface area contributed by atoms with Gasteiger partial charge in [-0.25, -0.2) is 0 Å². The second-order valence-electron chi connectivity index (χ2n) is 8.98. The molecule has 1 aromatic carbocycles. The molecule has 1 atom stereocenters. The maximum atomic E-state index is 13.2. The van der Waals surface area contributed by atoms with Crippen LogP contribution in [0.1, 0.15) is 64.4 Å². The standard InChI is InChI=1S/C24H36N2O2/c1-18(2)22(17-19-9-5-3-6-10-19)24(28)26-15-13-21(14-16-26)25-23(27)20-11-7-4-8-12-20/h3,5-6,9-10,18,20-22H,4,7-8,11-17H2,1-2H3,(H,25,27). The van der Waals surface area contributed by atoms with Crippen molar-refractivity contribution >= 4 is 11.8 Å². The summed E-state index contributed by atoms with van der Waals surface area (Å²) in [5.41, 5.74) is 1.23. The van der Waals surface area contributed by atoms with Crippen LogP contribution < -0.4 is 5.32 Å². The Balaban J connectivity index is 1.49. The average molecular weight is 385 g/mol. The first-order valence-corrected chi connectivity index (χ1v) is 11.2. The highest BCUT2D eigenvalue weighted by Gasteiger charge is 2.31. The van der Waals surface area contributed by atoms with Crippen LogP contribution in [0.25, 0.3) is 0 Å². The number of hydrogen-bond donors (Lipinski definition) is 1. The van der Waals surface area contributed by atoms with Crippen LogP contribution in [0.15, 0.2) is 30.3 Å². The molecule has 28 heavy (non-hydrogen) atoms. The Morgan fingerprint density at radius 3 is 2.25 bits per heavy atom. The van der Waals surface area contributed by atoms with E-state index in [1.165, 1.54) is 24.8 Å². The van der Waals surface area contributed by atoms with Crippen LogP contribution in [0, 0.1) is 17.8 Å². The normalized spacial score (nSPS) is 20.2. The van der Waals surface area contributed by atoms with E-state index in [4.69, 9.17) is 0 Å². The maximum absolute atomic E-state index is 13.2. The third kappa shape index (κ3) is 5.59. The van der Waals surface area contributed by atoms with Crippen LogP contribution in [-0.4, -0.2) is 35.8 Å². The van der Waals surface area contributed by atoms with Gasteiger partial charge in [0.05, 0.1) is 0 Å². The molecular formula is C24H36N2O2. The Kier molecular flexibility index (Phi) is 7.52. The number of carbonyl (C=O) groups is 2. The predicted molar refractivity (Wildman–Crippen MR) is 113 cm³/mol. The van der Waals surface area contributed by atoms with Crippen LogP contribution in [0.3, 0.4) is 0 Å². The van der Waals surface area contributed by atoms with E-state index >= 15 is 0 Å². The molecule has 1 aromatic rings. The van der Waals surface area contributed by atoms with Crippen molar-refractivity contribution in [3.8, 4) is 0 Å². The number of carbonyl (C=O) groups excluding carboxylic acids is 2. The van der Waals surface area contributed by atoms with E-state index in [1.807, 2.05) is 23.1 Å². The highest BCUT2D eigenvalue weighted by molar-refractivity contribution is 5.80. The summed E-state index contributed by atoms with van der Waals surface area (Å²) in [6.07, 6.45) is 8.27. The molecule has 0 radical (unpaired) electrons. The summed E-state index contributed by atoms with van der Waals surface area (Å²) in [4.78, 5) is 27.7. The lowest BCUT2D eigenvalue weighted by atomic mass is 9.87. The molecule has 3 rings (SSSR count). The summed E-state index contributed by atoms with van der Waals surface area (Å²) in [6.45, 7) is 5.80. The van der Waals surface area contributed by atoms with Crippen LogP contribution in [-0.2, 0) is 16.0 Å². The van der Waals surface area contributed by atoms with Gasteiger partial charge >= 0.3 is 0 Å². The zero-order valence-corrected chi connectivity index (χ0v) is 17.5. The molecule has 2 aliphatic rings. The largest absolute Gasteiger partial charge is 0.353 e. The molecule has 1 aliphatic heterocycles. The summed E-state index contributed by atoms with van der Waals surface area (Å²) >= 11 is 0. The summed E-state index contributed by atoms with van der Waals surface area (Å²) in [6, 6.07) is 10.5. The van der Waals surface area contributed by atoms with Crippen molar-refractivity contribution in [2.75, 3.05) is 13.1 Å². The quantitative estimate of drug-likeness (QED) is 0.799. The van der Waals surface area contributed by atoms with Gasteiger partial charge in [-0.15, -0.1) is 0 Å². The molecule has 154 valence electrons. The molecule has 1 heterocycles. The first-order valence-electron chi connectivity index (χ1n) is 11.2. The number of hydrogen-bond acceptors (Lipinski definition) is 2. The number of likely N-dealkylation sites (tertiary alicyclic amines) is 1. The number of nitrogens with zero attached hydrogens (tertiary/aromatic N) is 1. The minimum atomic E-state index is 0.0239. The molecule has 4 nitrogen and oxygen atoms in total. The zero-order valence-electron chi connectivity index (χ0n) is 17.5. The van der Waals surface area contributed by atoms with Gasteiger partial charge in [0.1, 0.15) is 0 Å². The Morgan fingerprint density at radius 1 is 1.00 bits per heavy atom. The number of nitrogens with one attached hydrogen (secondary N) is 1. The molecule has 4 heteroatoms. The average Bonchev–Trinajstić information content (AvgIpc) is 2.73. The number of rotatable bonds is 6. The van der Waals surface area contributed by atoms with E-state index in [1.54, 1.807) is 0 Å². The van der Waals surface area contributed by atoms with E-state index in [2.05, 4.69) is 31.3 Å². The lowest BCUT2D eigenvalue weighted by Crippen LogP contribution is -2.50. The Morgan fingerprint density at radius 2 is 1.64 bits per heavy atom. The molecular weight excluding hydrogens is 348 g/mol. The van der Waals surface area contributed by atoms with Gasteiger partial charge in [-0.05, 0) is 43.6 Å². The van der Waals surface area contributed by atoms with Crippen molar-refractivity contribution < 1.29 is 9.59 Å². The smallest absolute Gasteiger partial charge is 0.226 e. The SMILES string of the molecule is CC(C)C(Cc1ccccc1)C(=O)N1CCC(NC(=O)C2CCCCC2)CC1. The van der Waals surface area contributed by atoms with Crippen molar-refractivity contribution in [3.05, 3.63) is 35.9 Å². The fourth-order valence-electron chi connectivity index (χ4n) is 4.64. The summed E-state index contributed by atoms with van der Waals surface area (Å²) in [5, 5.41) is 3.26. The fourth-order valence-corrected chi connectivity index (χ4v) is 4.64. The van der Waals surface area contributed by atoms with E-state index in [-0.39, 0.29) is 29.7 Å². The Hall–Kier alpha value is -1.84. The van der Waals surface area contributed by atoms with Crippen LogP contribution in [0.2, 0.25) is 0 Å². The van der Waals surface area contributed by atoms with Gasteiger partial charge in [-0.1, -0.05) is 63.4 Å². The molecule has 2 amide bonds. The van der Waals surface area contributed by atoms with Crippen molar-refractivity contribution in [3.63, 3.8) is 0 Å². The van der Waals surface area contributed by atoms with Crippen molar-refractivity contribution in [2.24, 2.45) is 17.8 Å². The molecule has 0 spiro atoms. The molecule has 0 bridgehead atoms. The van der Waals surface area contributed by atoms with Gasteiger partial charge in [-0.3, -0.25) is 9.59 Å². The van der Waals surface area contributed by atoms with E-state index < -0.39 is 0 Å². The van der Waals surface area contributed by atoms with Crippen LogP contribution in [0.5, 0.6) is 0 Å². The van der Waals surface area contributed by atoms with Crippen molar-refractivity contribution in [1.29, 1.82) is 0 Å². The highest BCUT2D eigenvalue weighted by atomic mass is 16.2. The lowest BCUT2D eigenvalue weighted by Gasteiger charge is -2.36. The summed E-state index contributed by atoms with van der Waals surface area (Å²) in [7, 11) is 0. The zero-order chi connectivity index (χ0) is 19.9. The van der Waals surface area contributed by atoms with E-state index in [9.17, 15) is 9.59 Å². The molecule has 1 N–H and O–H groups in total. The van der Waals surface area contributed by atoms with Gasteiger partial charge in [0.15, 0.2) is 0 Å². The van der Waals surface area contributed by atoms with Crippen molar-refractivity contribution in [1.82, 2.24) is 10.2 Å². The van der Waals surface area contributed by atoms with Gasteiger partial charge in [0.25, 0.3) is 0 Å². The number of benzene rings is 1. The van der Waals surface area contributed by atoms with Crippen molar-refractivity contribution in [2.45, 2.75) is 71.3 Å². The topological polar surface area (TPSA) is 49.4 Å². The first kappa shape index (κ1) is 20.9. The maximum Gasteiger partial charge on any atom is 0.226 e. The molecule has 1 saturated heterocycles. The minimum absolute atomic E-state index is 0.0239. The Bertz CT molecular complexity index is 629. The first-order chi connectivity index (χ1) is 13.5. The third-order valence-electron chi connectivity index (χ3n) is 6.55. The summed E-state index contributed by atoms with van der Waals surface area (Å²) < 4.78 is 0. The fraction of sp³-hybridized carbons (Fsp3) is 0.667. The second kappa shape index (κ2) is 10.1. The summed E-state index contributed by atoms with van der Waals surface area (Å²) in [5.74, 6) is 1.07. The van der Waals surface area contributed by atoms with Gasteiger partial charge in [0.2, 0.25) is 11.8 Å². The number of amides is 2. The molecule has 1 unspecified atom stereocenters. The van der Waals surface area contributed by atoms with Crippen LogP contribution in [0.4, 0.5) is 0 Å². The number of piperidine rings is 1. The molecule has 1 saturated carbocycles. The Labute approximate surface area is 170 Å². The van der Waals surface area contributed by atoms with Gasteiger partial charge in [0, 0.05) is 31.0 Å². The minimum Gasteiger partial charge on any atom is -0.353 e. The third-order valence-corrected chi connectivity index (χ3v) is 6.55. The van der Waals surface area contributed by atoms with E-state index in [0.717, 1.165) is 45.2 Å². The second-order valence-corrected chi connectivity index (χ2v) is 8.98. The lowest BCUT2D eigenvalue weighted by molar-refractivity contribution is -0.138. The van der Waals surface area contributed by atoms with E-state index in [0.29, 0.717) is 5.92 Å². The molecule has 0 aromatic heterocycles.